The normalized spacial score (nSPS) is 20.8. The van der Waals surface area contributed by atoms with Crippen LogP contribution in [0.2, 0.25) is 0 Å². The van der Waals surface area contributed by atoms with E-state index in [0.29, 0.717) is 6.42 Å². The zero-order chi connectivity index (χ0) is 13.5. The molecule has 0 aromatic heterocycles. The summed E-state index contributed by atoms with van der Waals surface area (Å²) >= 11 is 0. The van der Waals surface area contributed by atoms with Gasteiger partial charge in [-0.1, -0.05) is 30.3 Å². The summed E-state index contributed by atoms with van der Waals surface area (Å²) in [5, 5.41) is 0. The Kier molecular flexibility index (Phi) is 5.36. The summed E-state index contributed by atoms with van der Waals surface area (Å²) in [4.78, 5) is 11.8. The van der Waals surface area contributed by atoms with Gasteiger partial charge in [0, 0.05) is 6.61 Å². The van der Waals surface area contributed by atoms with Crippen molar-refractivity contribution in [1.29, 1.82) is 0 Å². The molecule has 4 heteroatoms. The lowest BCUT2D eigenvalue weighted by atomic mass is 10.0. The molecule has 104 valence electrons. The molecule has 0 aliphatic carbocycles. The lowest BCUT2D eigenvalue weighted by Crippen LogP contribution is -2.37. The van der Waals surface area contributed by atoms with Crippen LogP contribution in [0.4, 0.5) is 0 Å². The van der Waals surface area contributed by atoms with Crippen LogP contribution in [-0.2, 0) is 20.9 Å². The van der Waals surface area contributed by atoms with Crippen LogP contribution in [-0.4, -0.2) is 24.7 Å². The minimum atomic E-state index is -0.591. The first kappa shape index (κ1) is 14.0. The molecule has 0 spiro atoms. The number of carbonyl (C=O) groups is 1. The molecular formula is C15H21NO3. The second-order valence-corrected chi connectivity index (χ2v) is 4.92. The highest BCUT2D eigenvalue weighted by atomic mass is 16.5. The SMILES string of the molecule is NC(CC1CCCCO1)C(=O)OCc1ccccc1. The molecule has 0 radical (unpaired) electrons. The molecule has 1 aliphatic rings. The fraction of sp³-hybridized carbons (Fsp3) is 0.533. The minimum absolute atomic E-state index is 0.105. The van der Waals surface area contributed by atoms with Crippen LogP contribution in [0, 0.1) is 0 Å². The van der Waals surface area contributed by atoms with E-state index in [1.165, 1.54) is 0 Å². The molecule has 0 saturated carbocycles. The fourth-order valence-corrected chi connectivity index (χ4v) is 2.21. The van der Waals surface area contributed by atoms with Gasteiger partial charge in [-0.3, -0.25) is 4.79 Å². The monoisotopic (exact) mass is 263 g/mol. The molecule has 2 atom stereocenters. The third-order valence-corrected chi connectivity index (χ3v) is 3.32. The molecule has 1 fully saturated rings. The molecular weight excluding hydrogens is 242 g/mol. The van der Waals surface area contributed by atoms with Gasteiger partial charge >= 0.3 is 5.97 Å². The largest absolute Gasteiger partial charge is 0.460 e. The number of ether oxygens (including phenoxy) is 2. The van der Waals surface area contributed by atoms with E-state index in [4.69, 9.17) is 15.2 Å². The Hall–Kier alpha value is -1.39. The van der Waals surface area contributed by atoms with Crippen molar-refractivity contribution in [3.63, 3.8) is 0 Å². The summed E-state index contributed by atoms with van der Waals surface area (Å²) in [6.45, 7) is 1.05. The van der Waals surface area contributed by atoms with Crippen molar-refractivity contribution in [2.45, 2.75) is 44.4 Å². The molecule has 19 heavy (non-hydrogen) atoms. The van der Waals surface area contributed by atoms with Gasteiger partial charge in [0.15, 0.2) is 0 Å². The molecule has 1 aromatic rings. The molecule has 1 saturated heterocycles. The summed E-state index contributed by atoms with van der Waals surface area (Å²) in [6.07, 6.45) is 3.89. The highest BCUT2D eigenvalue weighted by Crippen LogP contribution is 2.17. The van der Waals surface area contributed by atoms with Gasteiger partial charge in [-0.2, -0.15) is 0 Å². The molecule has 1 aromatic carbocycles. The Morgan fingerprint density at radius 2 is 2.16 bits per heavy atom. The van der Waals surface area contributed by atoms with Gasteiger partial charge in [-0.15, -0.1) is 0 Å². The third-order valence-electron chi connectivity index (χ3n) is 3.32. The summed E-state index contributed by atoms with van der Waals surface area (Å²) in [6, 6.07) is 9.01. The van der Waals surface area contributed by atoms with Crippen LogP contribution in [0.3, 0.4) is 0 Å². The molecule has 1 heterocycles. The zero-order valence-corrected chi connectivity index (χ0v) is 11.1. The average Bonchev–Trinajstić information content (AvgIpc) is 2.47. The highest BCUT2D eigenvalue weighted by molar-refractivity contribution is 5.75. The van der Waals surface area contributed by atoms with Crippen LogP contribution >= 0.6 is 0 Å². The van der Waals surface area contributed by atoms with Crippen LogP contribution in [0.1, 0.15) is 31.2 Å². The van der Waals surface area contributed by atoms with Crippen LogP contribution in [0.25, 0.3) is 0 Å². The third kappa shape index (κ3) is 4.65. The highest BCUT2D eigenvalue weighted by Gasteiger charge is 2.22. The maximum Gasteiger partial charge on any atom is 0.323 e. The van der Waals surface area contributed by atoms with Gasteiger partial charge < -0.3 is 15.2 Å². The molecule has 2 N–H and O–H groups in total. The first-order valence-corrected chi connectivity index (χ1v) is 6.83. The first-order chi connectivity index (χ1) is 9.25. The summed E-state index contributed by atoms with van der Waals surface area (Å²) in [7, 11) is 0. The Morgan fingerprint density at radius 1 is 1.37 bits per heavy atom. The smallest absolute Gasteiger partial charge is 0.323 e. The van der Waals surface area contributed by atoms with Crippen molar-refractivity contribution in [1.82, 2.24) is 0 Å². The molecule has 0 bridgehead atoms. The number of hydrogen-bond acceptors (Lipinski definition) is 4. The predicted molar refractivity (Wildman–Crippen MR) is 72.4 cm³/mol. The second-order valence-electron chi connectivity index (χ2n) is 4.92. The number of hydrogen-bond donors (Lipinski definition) is 1. The Bertz CT molecular complexity index is 388. The molecule has 0 amide bonds. The molecule has 4 nitrogen and oxygen atoms in total. The molecule has 1 aliphatic heterocycles. The van der Waals surface area contributed by atoms with Crippen molar-refractivity contribution in [2.75, 3.05) is 6.61 Å². The van der Waals surface area contributed by atoms with Crippen molar-refractivity contribution in [3.05, 3.63) is 35.9 Å². The Labute approximate surface area is 113 Å². The van der Waals surface area contributed by atoms with Gasteiger partial charge in [0.2, 0.25) is 0 Å². The Morgan fingerprint density at radius 3 is 2.84 bits per heavy atom. The number of nitrogens with two attached hydrogens (primary N) is 1. The van der Waals surface area contributed by atoms with E-state index in [9.17, 15) is 4.79 Å². The zero-order valence-electron chi connectivity index (χ0n) is 11.1. The number of benzene rings is 1. The van der Waals surface area contributed by atoms with E-state index in [-0.39, 0.29) is 18.7 Å². The lowest BCUT2D eigenvalue weighted by Gasteiger charge is -2.24. The number of esters is 1. The topological polar surface area (TPSA) is 61.5 Å². The standard InChI is InChI=1S/C15H21NO3/c16-14(10-13-8-4-5-9-18-13)15(17)19-11-12-6-2-1-3-7-12/h1-3,6-7,13-14H,4-5,8-11,16H2. The van der Waals surface area contributed by atoms with Gasteiger partial charge in [0.05, 0.1) is 6.10 Å². The van der Waals surface area contributed by atoms with Crippen molar-refractivity contribution in [2.24, 2.45) is 5.73 Å². The number of carbonyl (C=O) groups excluding carboxylic acids is 1. The maximum atomic E-state index is 11.8. The van der Waals surface area contributed by atoms with E-state index in [1.807, 2.05) is 30.3 Å². The van der Waals surface area contributed by atoms with Crippen molar-refractivity contribution >= 4 is 5.97 Å². The van der Waals surface area contributed by atoms with Gasteiger partial charge in [-0.05, 0) is 31.2 Å². The van der Waals surface area contributed by atoms with Gasteiger partial charge in [0.1, 0.15) is 12.6 Å². The maximum absolute atomic E-state index is 11.8. The quantitative estimate of drug-likeness (QED) is 0.826. The van der Waals surface area contributed by atoms with Crippen LogP contribution in [0.5, 0.6) is 0 Å². The fourth-order valence-electron chi connectivity index (χ4n) is 2.21. The first-order valence-electron chi connectivity index (χ1n) is 6.83. The van der Waals surface area contributed by atoms with Crippen molar-refractivity contribution in [3.8, 4) is 0 Å². The summed E-state index contributed by atoms with van der Waals surface area (Å²) in [5.74, 6) is -0.349. The molecule has 2 rings (SSSR count). The Balaban J connectivity index is 1.72. The van der Waals surface area contributed by atoms with Crippen molar-refractivity contribution < 1.29 is 14.3 Å². The minimum Gasteiger partial charge on any atom is -0.460 e. The number of rotatable bonds is 5. The van der Waals surface area contributed by atoms with E-state index in [0.717, 1.165) is 31.4 Å². The van der Waals surface area contributed by atoms with Gasteiger partial charge in [-0.25, -0.2) is 0 Å². The van der Waals surface area contributed by atoms with E-state index < -0.39 is 6.04 Å². The second kappa shape index (κ2) is 7.26. The predicted octanol–water partition coefficient (Wildman–Crippen LogP) is 2.02. The van der Waals surface area contributed by atoms with Crippen LogP contribution < -0.4 is 5.73 Å². The van der Waals surface area contributed by atoms with Gasteiger partial charge in [0.25, 0.3) is 0 Å². The molecule has 2 unspecified atom stereocenters. The van der Waals surface area contributed by atoms with E-state index >= 15 is 0 Å². The summed E-state index contributed by atoms with van der Waals surface area (Å²) < 4.78 is 10.8. The summed E-state index contributed by atoms with van der Waals surface area (Å²) in [5.41, 5.74) is 6.83. The lowest BCUT2D eigenvalue weighted by molar-refractivity contribution is -0.147. The van der Waals surface area contributed by atoms with Crippen LogP contribution in [0.15, 0.2) is 30.3 Å². The van der Waals surface area contributed by atoms with E-state index in [2.05, 4.69) is 0 Å². The van der Waals surface area contributed by atoms with E-state index in [1.54, 1.807) is 0 Å². The average molecular weight is 263 g/mol.